The van der Waals surface area contributed by atoms with E-state index in [2.05, 4.69) is 0 Å². The van der Waals surface area contributed by atoms with Crippen LogP contribution >= 0.6 is 0 Å². The molecule has 0 aliphatic carbocycles. The number of aromatic nitrogens is 1. The maximum absolute atomic E-state index is 10.8. The number of aryl methyl sites for hydroxylation is 1. The Morgan fingerprint density at radius 2 is 2.31 bits per heavy atom. The lowest BCUT2D eigenvalue weighted by Gasteiger charge is -2.13. The number of rotatable bonds is 2. The third-order valence-corrected chi connectivity index (χ3v) is 1.92. The molecule has 0 radical (unpaired) electrons. The number of nitrogens with zero attached hydrogens (tertiary/aromatic N) is 1. The number of carboxylic acid groups (broad SMARTS) is 1. The molecular weight excluding hydrogens is 168 g/mol. The first-order chi connectivity index (χ1) is 5.94. The Balaban J connectivity index is 3.14. The normalized spacial score (nSPS) is 15.0. The molecule has 1 rings (SSSR count). The van der Waals surface area contributed by atoms with Gasteiger partial charge in [-0.15, -0.1) is 0 Å². The quantitative estimate of drug-likeness (QED) is 0.631. The van der Waals surface area contributed by atoms with Crippen LogP contribution in [0.5, 0.6) is 0 Å². The van der Waals surface area contributed by atoms with Gasteiger partial charge in [0.2, 0.25) is 0 Å². The molecule has 1 heterocycles. The number of nitrogens with two attached hydrogens (primary N) is 1. The molecule has 70 valence electrons. The smallest absolute Gasteiger partial charge is 0.392 e. The second kappa shape index (κ2) is 3.14. The predicted molar refractivity (Wildman–Crippen MR) is 46.8 cm³/mol. The molecule has 0 unspecified atom stereocenters. The summed E-state index contributed by atoms with van der Waals surface area (Å²) in [4.78, 5) is 10.8. The van der Waals surface area contributed by atoms with Gasteiger partial charge < -0.3 is 5.11 Å². The van der Waals surface area contributed by atoms with Gasteiger partial charge in [0.25, 0.3) is 0 Å². The molecule has 0 aliphatic rings. The monoisotopic (exact) mass is 181 g/mol. The SMILES string of the molecule is Cc1ccc[n+]([C@@](C)(N)C(=O)O)c1. The van der Waals surface area contributed by atoms with Gasteiger partial charge in [-0.25, -0.2) is 4.79 Å². The van der Waals surface area contributed by atoms with Crippen molar-refractivity contribution in [1.82, 2.24) is 0 Å². The fraction of sp³-hybridized carbons (Fsp3) is 0.333. The number of hydrogen-bond acceptors (Lipinski definition) is 2. The summed E-state index contributed by atoms with van der Waals surface area (Å²) in [6, 6.07) is 3.65. The van der Waals surface area contributed by atoms with Gasteiger partial charge in [-0.05, 0) is 13.0 Å². The molecule has 0 fully saturated rings. The zero-order valence-corrected chi connectivity index (χ0v) is 7.69. The van der Waals surface area contributed by atoms with E-state index >= 15 is 0 Å². The van der Waals surface area contributed by atoms with Crippen LogP contribution in [0.15, 0.2) is 24.5 Å². The van der Waals surface area contributed by atoms with Crippen LogP contribution in [0.2, 0.25) is 0 Å². The van der Waals surface area contributed by atoms with E-state index < -0.39 is 11.6 Å². The largest absolute Gasteiger partial charge is 0.475 e. The van der Waals surface area contributed by atoms with E-state index in [4.69, 9.17) is 10.8 Å². The highest BCUT2D eigenvalue weighted by Gasteiger charge is 2.38. The Hall–Kier alpha value is -1.42. The summed E-state index contributed by atoms with van der Waals surface area (Å²) in [5.74, 6) is -1.05. The molecule has 4 heteroatoms. The van der Waals surface area contributed by atoms with E-state index in [0.29, 0.717) is 0 Å². The first kappa shape index (κ1) is 9.67. The Morgan fingerprint density at radius 3 is 2.77 bits per heavy atom. The van der Waals surface area contributed by atoms with Crippen molar-refractivity contribution in [3.05, 3.63) is 30.1 Å². The van der Waals surface area contributed by atoms with Crippen LogP contribution in [0.1, 0.15) is 12.5 Å². The van der Waals surface area contributed by atoms with E-state index in [-0.39, 0.29) is 0 Å². The van der Waals surface area contributed by atoms with Crippen molar-refractivity contribution in [2.24, 2.45) is 5.73 Å². The predicted octanol–water partition coefficient (Wildman–Crippen LogP) is -0.00148. The molecular formula is C9H13N2O2+. The van der Waals surface area contributed by atoms with Crippen LogP contribution in [-0.4, -0.2) is 11.1 Å². The third-order valence-electron chi connectivity index (χ3n) is 1.92. The summed E-state index contributed by atoms with van der Waals surface area (Å²) >= 11 is 0. The maximum Gasteiger partial charge on any atom is 0.392 e. The average Bonchev–Trinajstić information content (AvgIpc) is 2.04. The number of aliphatic carboxylic acids is 1. The first-order valence-electron chi connectivity index (χ1n) is 3.95. The third kappa shape index (κ3) is 1.84. The molecule has 3 N–H and O–H groups in total. The molecule has 0 saturated heterocycles. The summed E-state index contributed by atoms with van der Waals surface area (Å²) in [5, 5.41) is 8.84. The van der Waals surface area contributed by atoms with E-state index in [9.17, 15) is 4.79 Å². The zero-order chi connectivity index (χ0) is 10.1. The second-order valence-corrected chi connectivity index (χ2v) is 3.24. The topological polar surface area (TPSA) is 67.2 Å². The van der Waals surface area contributed by atoms with Gasteiger partial charge >= 0.3 is 11.6 Å². The van der Waals surface area contributed by atoms with Crippen LogP contribution in [-0.2, 0) is 10.5 Å². The lowest BCUT2D eigenvalue weighted by molar-refractivity contribution is -0.747. The van der Waals surface area contributed by atoms with Crippen molar-refractivity contribution in [3.8, 4) is 0 Å². The van der Waals surface area contributed by atoms with Crippen LogP contribution in [0.3, 0.4) is 0 Å². The maximum atomic E-state index is 10.8. The minimum Gasteiger partial charge on any atom is -0.475 e. The van der Waals surface area contributed by atoms with Gasteiger partial charge in [0.1, 0.15) is 0 Å². The van der Waals surface area contributed by atoms with E-state index in [0.717, 1.165) is 5.56 Å². The molecule has 1 aromatic rings. The van der Waals surface area contributed by atoms with Crippen molar-refractivity contribution < 1.29 is 14.5 Å². The minimum atomic E-state index is -1.38. The summed E-state index contributed by atoms with van der Waals surface area (Å²) in [7, 11) is 0. The highest BCUT2D eigenvalue weighted by molar-refractivity contribution is 5.73. The Kier molecular flexibility index (Phi) is 2.34. The Morgan fingerprint density at radius 1 is 1.69 bits per heavy atom. The van der Waals surface area contributed by atoms with Crippen LogP contribution < -0.4 is 10.3 Å². The van der Waals surface area contributed by atoms with Crippen molar-refractivity contribution in [2.45, 2.75) is 19.5 Å². The molecule has 0 bridgehead atoms. The molecule has 13 heavy (non-hydrogen) atoms. The summed E-state index contributed by atoms with van der Waals surface area (Å²) in [6.07, 6.45) is 3.34. The van der Waals surface area contributed by atoms with Crippen molar-refractivity contribution >= 4 is 5.97 Å². The van der Waals surface area contributed by atoms with Crippen molar-refractivity contribution in [3.63, 3.8) is 0 Å². The summed E-state index contributed by atoms with van der Waals surface area (Å²) in [5.41, 5.74) is 5.20. The second-order valence-electron chi connectivity index (χ2n) is 3.24. The van der Waals surface area contributed by atoms with Gasteiger partial charge in [-0.3, -0.25) is 5.73 Å². The fourth-order valence-corrected chi connectivity index (χ4v) is 0.992. The van der Waals surface area contributed by atoms with E-state index in [1.165, 1.54) is 11.5 Å². The molecule has 0 saturated carbocycles. The molecule has 4 nitrogen and oxygen atoms in total. The summed E-state index contributed by atoms with van der Waals surface area (Å²) < 4.78 is 1.48. The average molecular weight is 181 g/mol. The molecule has 0 aromatic carbocycles. The van der Waals surface area contributed by atoms with Gasteiger partial charge in [0, 0.05) is 18.6 Å². The molecule has 0 spiro atoms. The Bertz CT molecular complexity index is 334. The number of carboxylic acids is 1. The van der Waals surface area contributed by atoms with Gasteiger partial charge in [0.05, 0.1) is 0 Å². The Labute approximate surface area is 76.6 Å². The van der Waals surface area contributed by atoms with E-state index in [1.807, 2.05) is 13.0 Å². The molecule has 1 atom stereocenters. The number of pyridine rings is 1. The van der Waals surface area contributed by atoms with Crippen LogP contribution in [0.25, 0.3) is 0 Å². The lowest BCUT2D eigenvalue weighted by atomic mass is 10.2. The highest BCUT2D eigenvalue weighted by atomic mass is 16.4. The number of carbonyl (C=O) groups is 1. The highest BCUT2D eigenvalue weighted by Crippen LogP contribution is 1.99. The van der Waals surface area contributed by atoms with Gasteiger partial charge in [0.15, 0.2) is 12.4 Å². The van der Waals surface area contributed by atoms with Gasteiger partial charge in [-0.2, -0.15) is 4.57 Å². The fourth-order valence-electron chi connectivity index (χ4n) is 0.992. The lowest BCUT2D eigenvalue weighted by Crippen LogP contribution is -2.65. The minimum absolute atomic E-state index is 0.973. The first-order valence-corrected chi connectivity index (χ1v) is 3.95. The van der Waals surface area contributed by atoms with Crippen molar-refractivity contribution in [2.75, 3.05) is 0 Å². The van der Waals surface area contributed by atoms with E-state index in [1.54, 1.807) is 18.5 Å². The van der Waals surface area contributed by atoms with Crippen molar-refractivity contribution in [1.29, 1.82) is 0 Å². The van der Waals surface area contributed by atoms with Crippen LogP contribution in [0.4, 0.5) is 0 Å². The van der Waals surface area contributed by atoms with Gasteiger partial charge in [-0.1, -0.05) is 0 Å². The molecule has 0 aliphatic heterocycles. The standard InChI is InChI=1S/C9H12N2O2/c1-7-4-3-5-11(6-7)9(2,10)8(12)13/h3-6H,10H2,1-2H3/p+1/t9-/m1/s1. The molecule has 0 amide bonds. The molecule has 1 aromatic heterocycles. The van der Waals surface area contributed by atoms with Crippen LogP contribution in [0, 0.1) is 6.92 Å². The zero-order valence-electron chi connectivity index (χ0n) is 7.69. The number of hydrogen-bond donors (Lipinski definition) is 2. The summed E-state index contributed by atoms with van der Waals surface area (Å²) in [6.45, 7) is 3.34.